The number of benzene rings is 1. The van der Waals surface area contributed by atoms with Crippen LogP contribution in [0.15, 0.2) is 18.2 Å². The van der Waals surface area contributed by atoms with Gasteiger partial charge in [-0.05, 0) is 13.0 Å². The third-order valence-electron chi connectivity index (χ3n) is 2.13. The molecule has 0 radical (unpaired) electrons. The first-order valence-corrected chi connectivity index (χ1v) is 4.86. The van der Waals surface area contributed by atoms with Crippen LogP contribution in [0.5, 0.6) is 0 Å². The van der Waals surface area contributed by atoms with E-state index < -0.39 is 0 Å². The lowest BCUT2D eigenvalue weighted by atomic mass is 10.2. The van der Waals surface area contributed by atoms with Crippen LogP contribution in [0.1, 0.15) is 5.56 Å². The Kier molecular flexibility index (Phi) is 3.11. The minimum Gasteiger partial charge on any atom is -0.343 e. The van der Waals surface area contributed by atoms with Crippen molar-refractivity contribution in [3.8, 4) is 0 Å². The molecule has 0 saturated carbocycles. The minimum atomic E-state index is -0.123. The SMILES string of the molecule is Cc1ccc(Cl)cc1[N+](C)(N)C(N)=S. The van der Waals surface area contributed by atoms with Crippen molar-refractivity contribution < 1.29 is 0 Å². The van der Waals surface area contributed by atoms with Gasteiger partial charge in [-0.1, -0.05) is 17.7 Å². The molecule has 0 aromatic heterocycles. The fraction of sp³-hybridized carbons (Fsp3) is 0.222. The average Bonchev–Trinajstić information content (AvgIpc) is 2.08. The van der Waals surface area contributed by atoms with Gasteiger partial charge in [-0.15, -0.1) is 0 Å². The zero-order chi connectivity index (χ0) is 10.9. The molecule has 0 spiro atoms. The quantitative estimate of drug-likeness (QED) is 0.334. The Bertz CT molecular complexity index is 376. The molecule has 0 aliphatic heterocycles. The van der Waals surface area contributed by atoms with Gasteiger partial charge in [0.25, 0.3) is 5.11 Å². The van der Waals surface area contributed by atoms with Gasteiger partial charge in [0.1, 0.15) is 0 Å². The smallest absolute Gasteiger partial charge is 0.291 e. The highest BCUT2D eigenvalue weighted by Gasteiger charge is 2.27. The van der Waals surface area contributed by atoms with E-state index >= 15 is 0 Å². The highest BCUT2D eigenvalue weighted by molar-refractivity contribution is 7.80. The van der Waals surface area contributed by atoms with E-state index in [1.807, 2.05) is 13.0 Å². The van der Waals surface area contributed by atoms with E-state index in [-0.39, 0.29) is 9.70 Å². The maximum Gasteiger partial charge on any atom is 0.291 e. The number of halogens is 1. The van der Waals surface area contributed by atoms with Gasteiger partial charge in [0.15, 0.2) is 5.69 Å². The van der Waals surface area contributed by atoms with Gasteiger partial charge in [0.05, 0.1) is 7.05 Å². The molecule has 0 aliphatic rings. The predicted molar refractivity (Wildman–Crippen MR) is 64.9 cm³/mol. The molecule has 14 heavy (non-hydrogen) atoms. The van der Waals surface area contributed by atoms with Crippen LogP contribution in [0.25, 0.3) is 0 Å². The lowest BCUT2D eigenvalue weighted by Crippen LogP contribution is -2.59. The number of hydrogen-bond acceptors (Lipinski definition) is 2. The Morgan fingerprint density at radius 2 is 2.07 bits per heavy atom. The van der Waals surface area contributed by atoms with Gasteiger partial charge in [-0.2, -0.15) is 10.4 Å². The molecule has 1 atom stereocenters. The lowest BCUT2D eigenvalue weighted by Gasteiger charge is -2.26. The Morgan fingerprint density at radius 1 is 1.50 bits per heavy atom. The van der Waals surface area contributed by atoms with Crippen molar-refractivity contribution in [2.24, 2.45) is 11.6 Å². The average molecular weight is 231 g/mol. The van der Waals surface area contributed by atoms with E-state index in [4.69, 9.17) is 35.4 Å². The maximum atomic E-state index is 5.96. The molecule has 0 saturated heterocycles. The first-order chi connectivity index (χ1) is 6.35. The minimum absolute atomic E-state index is 0.123. The summed E-state index contributed by atoms with van der Waals surface area (Å²) >= 11 is 10.8. The molecule has 5 heteroatoms. The molecular weight excluding hydrogens is 218 g/mol. The molecule has 1 aromatic rings. The molecule has 0 amide bonds. The lowest BCUT2D eigenvalue weighted by molar-refractivity contribution is 0.519. The van der Waals surface area contributed by atoms with E-state index in [9.17, 15) is 0 Å². The number of rotatable bonds is 1. The summed E-state index contributed by atoms with van der Waals surface area (Å²) in [6, 6.07) is 5.47. The van der Waals surface area contributed by atoms with E-state index in [1.165, 1.54) is 0 Å². The molecule has 1 aromatic carbocycles. The molecule has 1 unspecified atom stereocenters. The largest absolute Gasteiger partial charge is 0.343 e. The Labute approximate surface area is 93.8 Å². The van der Waals surface area contributed by atoms with Gasteiger partial charge in [0, 0.05) is 28.9 Å². The van der Waals surface area contributed by atoms with Crippen molar-refractivity contribution in [1.82, 2.24) is 4.59 Å². The summed E-state index contributed by atoms with van der Waals surface area (Å²) < 4.78 is -0.123. The van der Waals surface area contributed by atoms with Crippen molar-refractivity contribution in [2.45, 2.75) is 6.92 Å². The van der Waals surface area contributed by atoms with Crippen molar-refractivity contribution in [1.29, 1.82) is 0 Å². The van der Waals surface area contributed by atoms with Gasteiger partial charge in [-0.3, -0.25) is 0 Å². The third-order valence-corrected chi connectivity index (χ3v) is 2.74. The summed E-state index contributed by atoms with van der Waals surface area (Å²) in [6.07, 6.45) is 0. The van der Waals surface area contributed by atoms with E-state index in [2.05, 4.69) is 0 Å². The molecule has 4 N–H and O–H groups in total. The number of nitrogens with two attached hydrogens (primary N) is 2. The van der Waals surface area contributed by atoms with E-state index in [0.717, 1.165) is 11.3 Å². The van der Waals surface area contributed by atoms with Gasteiger partial charge in [-0.25, -0.2) is 0 Å². The molecule has 0 bridgehead atoms. The number of thiocarbonyl (C=S) groups is 1. The van der Waals surface area contributed by atoms with Crippen molar-refractivity contribution in [3.63, 3.8) is 0 Å². The van der Waals surface area contributed by atoms with E-state index in [1.54, 1.807) is 19.2 Å². The molecule has 0 aliphatic carbocycles. The first-order valence-electron chi connectivity index (χ1n) is 4.07. The molecule has 1 rings (SSSR count). The molecule has 3 nitrogen and oxygen atoms in total. The van der Waals surface area contributed by atoms with Crippen LogP contribution in [-0.4, -0.2) is 12.2 Å². The molecular formula is C9H13ClN3S+. The Balaban J connectivity index is 3.31. The second-order valence-electron chi connectivity index (χ2n) is 3.34. The second-order valence-corrected chi connectivity index (χ2v) is 4.20. The predicted octanol–water partition coefficient (Wildman–Crippen LogP) is 1.70. The van der Waals surface area contributed by atoms with Crippen molar-refractivity contribution in [2.75, 3.05) is 7.05 Å². The zero-order valence-electron chi connectivity index (χ0n) is 8.12. The van der Waals surface area contributed by atoms with Crippen molar-refractivity contribution in [3.05, 3.63) is 28.8 Å². The van der Waals surface area contributed by atoms with Gasteiger partial charge in [0.2, 0.25) is 0 Å². The number of hydrogen-bond donors (Lipinski definition) is 2. The number of nitrogens with zero attached hydrogens (tertiary/aromatic N) is 1. The second kappa shape index (κ2) is 3.82. The highest BCUT2D eigenvalue weighted by Crippen LogP contribution is 2.25. The highest BCUT2D eigenvalue weighted by atomic mass is 35.5. The molecule has 76 valence electrons. The third kappa shape index (κ3) is 2.04. The summed E-state index contributed by atoms with van der Waals surface area (Å²) in [6.45, 7) is 1.94. The van der Waals surface area contributed by atoms with Crippen LogP contribution in [0.4, 0.5) is 5.69 Å². The maximum absolute atomic E-state index is 5.96. The Hall–Kier alpha value is -0.680. The monoisotopic (exact) mass is 230 g/mol. The zero-order valence-corrected chi connectivity index (χ0v) is 9.69. The van der Waals surface area contributed by atoms with Crippen LogP contribution >= 0.6 is 23.8 Å². The topological polar surface area (TPSA) is 52.0 Å². The summed E-state index contributed by atoms with van der Waals surface area (Å²) in [7, 11) is 1.72. The number of aryl methyl sites for hydroxylation is 1. The Morgan fingerprint density at radius 3 is 2.57 bits per heavy atom. The van der Waals surface area contributed by atoms with Crippen LogP contribution in [0.2, 0.25) is 5.02 Å². The summed E-state index contributed by atoms with van der Waals surface area (Å²) in [5.74, 6) is 5.96. The number of quaternary nitrogens is 1. The molecule has 0 heterocycles. The summed E-state index contributed by atoms with van der Waals surface area (Å²) in [5, 5.41) is 0.826. The fourth-order valence-corrected chi connectivity index (χ4v) is 1.47. The summed E-state index contributed by atoms with van der Waals surface area (Å²) in [4.78, 5) is 0. The van der Waals surface area contributed by atoms with Crippen LogP contribution in [0, 0.1) is 6.92 Å². The summed E-state index contributed by atoms with van der Waals surface area (Å²) in [5.41, 5.74) is 7.37. The van der Waals surface area contributed by atoms with Crippen molar-refractivity contribution >= 4 is 34.6 Å². The van der Waals surface area contributed by atoms with Gasteiger partial charge < -0.3 is 5.73 Å². The normalized spacial score (nSPS) is 14.9. The fourth-order valence-electron chi connectivity index (χ4n) is 1.20. The van der Waals surface area contributed by atoms with Crippen LogP contribution in [-0.2, 0) is 0 Å². The molecule has 0 fully saturated rings. The van der Waals surface area contributed by atoms with E-state index in [0.29, 0.717) is 5.02 Å². The van der Waals surface area contributed by atoms with Crippen LogP contribution in [0.3, 0.4) is 0 Å². The van der Waals surface area contributed by atoms with Crippen LogP contribution < -0.4 is 16.2 Å². The first kappa shape index (κ1) is 11.4. The standard InChI is InChI=1S/C9H12ClN3S/c1-6-3-4-7(10)5-8(6)13(2,12)9(11)14/h3-5H,12H2,1-2H3,(H-,11,14)/p+1. The van der Waals surface area contributed by atoms with Gasteiger partial charge >= 0.3 is 0 Å².